The van der Waals surface area contributed by atoms with Crippen molar-refractivity contribution in [3.8, 4) is 0 Å². The van der Waals surface area contributed by atoms with Gasteiger partial charge in [-0.25, -0.2) is 19.6 Å². The van der Waals surface area contributed by atoms with Crippen LogP contribution in [0, 0.1) is 0 Å². The van der Waals surface area contributed by atoms with Crippen molar-refractivity contribution in [3.63, 3.8) is 0 Å². The lowest BCUT2D eigenvalue weighted by molar-refractivity contribution is -0.141. The Kier molecular flexibility index (Phi) is 3.48. The van der Waals surface area contributed by atoms with Crippen molar-refractivity contribution in [3.05, 3.63) is 30.6 Å². The third-order valence-corrected chi connectivity index (χ3v) is 3.49. The molecule has 9 heteroatoms. The summed E-state index contributed by atoms with van der Waals surface area (Å²) in [6.45, 7) is 1.18. The molecule has 0 atom stereocenters. The summed E-state index contributed by atoms with van der Waals surface area (Å²) in [5.74, 6) is 0.127. The van der Waals surface area contributed by atoms with Crippen LogP contribution in [0.15, 0.2) is 24.9 Å². The molecule has 6 nitrogen and oxygen atoms in total. The van der Waals surface area contributed by atoms with E-state index in [1.54, 1.807) is 15.9 Å². The van der Waals surface area contributed by atoms with Gasteiger partial charge in [-0.05, 0) is 18.9 Å². The van der Waals surface area contributed by atoms with Gasteiger partial charge in [-0.15, -0.1) is 0 Å². The Labute approximate surface area is 118 Å². The minimum atomic E-state index is -4.45. The van der Waals surface area contributed by atoms with Crippen LogP contribution < -0.4 is 4.90 Å². The molecule has 3 heterocycles. The highest BCUT2D eigenvalue weighted by molar-refractivity contribution is 5.31. The van der Waals surface area contributed by atoms with Gasteiger partial charge >= 0.3 is 6.18 Å². The van der Waals surface area contributed by atoms with Crippen LogP contribution in [0.25, 0.3) is 0 Å². The van der Waals surface area contributed by atoms with Crippen molar-refractivity contribution < 1.29 is 13.2 Å². The van der Waals surface area contributed by atoms with Crippen LogP contribution in [0.5, 0.6) is 0 Å². The Hall–Kier alpha value is -2.19. The molecule has 2 aromatic heterocycles. The quantitative estimate of drug-likeness (QED) is 0.848. The molecule has 0 N–H and O–H groups in total. The van der Waals surface area contributed by atoms with E-state index >= 15 is 0 Å². The minimum absolute atomic E-state index is 0.127. The molecule has 0 spiro atoms. The van der Waals surface area contributed by atoms with E-state index in [9.17, 15) is 13.2 Å². The standard InChI is InChI=1S/C12H13F3N6/c13-12(14,15)10-1-4-17-11(19-10)20-5-2-9(3-6-20)21-8-16-7-18-21/h1,4,7-9H,2-3,5-6H2. The lowest BCUT2D eigenvalue weighted by Crippen LogP contribution is -2.36. The topological polar surface area (TPSA) is 59.7 Å². The highest BCUT2D eigenvalue weighted by atomic mass is 19.4. The maximum atomic E-state index is 12.7. The molecule has 2 aromatic rings. The molecule has 3 rings (SSSR count). The number of nitrogens with zero attached hydrogens (tertiary/aromatic N) is 6. The molecule has 1 saturated heterocycles. The van der Waals surface area contributed by atoms with E-state index in [4.69, 9.17) is 0 Å². The molecule has 1 aliphatic rings. The second-order valence-corrected chi connectivity index (χ2v) is 4.83. The molecule has 1 aliphatic heterocycles. The summed E-state index contributed by atoms with van der Waals surface area (Å²) >= 11 is 0. The number of hydrogen-bond acceptors (Lipinski definition) is 5. The zero-order chi connectivity index (χ0) is 14.9. The summed E-state index contributed by atoms with van der Waals surface area (Å²) in [6, 6.07) is 1.10. The van der Waals surface area contributed by atoms with Gasteiger partial charge in [-0.1, -0.05) is 0 Å². The van der Waals surface area contributed by atoms with Crippen molar-refractivity contribution in [1.29, 1.82) is 0 Å². The highest BCUT2D eigenvalue weighted by Gasteiger charge is 2.33. The number of alkyl halides is 3. The van der Waals surface area contributed by atoms with Crippen LogP contribution in [0.2, 0.25) is 0 Å². The molecule has 0 bridgehead atoms. The van der Waals surface area contributed by atoms with E-state index in [0.717, 1.165) is 25.1 Å². The predicted octanol–water partition coefficient (Wildman–Crippen LogP) is 1.93. The number of anilines is 1. The largest absolute Gasteiger partial charge is 0.433 e. The van der Waals surface area contributed by atoms with Gasteiger partial charge in [0.25, 0.3) is 0 Å². The van der Waals surface area contributed by atoms with Crippen LogP contribution in [0.1, 0.15) is 24.6 Å². The zero-order valence-electron chi connectivity index (χ0n) is 11.0. The number of aromatic nitrogens is 5. The first-order chi connectivity index (χ1) is 10.0. The van der Waals surface area contributed by atoms with Crippen LogP contribution in [-0.2, 0) is 6.18 Å². The summed E-state index contributed by atoms with van der Waals surface area (Å²) in [4.78, 5) is 13.2. The summed E-state index contributed by atoms with van der Waals surface area (Å²) in [5.41, 5.74) is -0.911. The van der Waals surface area contributed by atoms with Gasteiger partial charge < -0.3 is 4.90 Å². The Morgan fingerprint density at radius 1 is 1.19 bits per heavy atom. The zero-order valence-corrected chi connectivity index (χ0v) is 11.0. The molecule has 0 aliphatic carbocycles. The van der Waals surface area contributed by atoms with Crippen molar-refractivity contribution in [2.75, 3.05) is 18.0 Å². The molecule has 0 saturated carbocycles. The summed E-state index contributed by atoms with van der Waals surface area (Å²) in [7, 11) is 0. The SMILES string of the molecule is FC(F)(F)c1ccnc(N2CCC(n3cncn3)CC2)n1. The maximum Gasteiger partial charge on any atom is 0.433 e. The summed E-state index contributed by atoms with van der Waals surface area (Å²) < 4.78 is 39.7. The summed E-state index contributed by atoms with van der Waals surface area (Å²) in [5, 5.41) is 4.09. The van der Waals surface area contributed by atoms with Gasteiger partial charge in [0, 0.05) is 19.3 Å². The van der Waals surface area contributed by atoms with Gasteiger partial charge in [0.2, 0.25) is 5.95 Å². The van der Waals surface area contributed by atoms with E-state index in [2.05, 4.69) is 20.1 Å². The van der Waals surface area contributed by atoms with Gasteiger partial charge in [0.1, 0.15) is 18.3 Å². The van der Waals surface area contributed by atoms with E-state index in [1.807, 2.05) is 0 Å². The second kappa shape index (κ2) is 5.30. The molecule has 112 valence electrons. The fourth-order valence-corrected chi connectivity index (χ4v) is 2.39. The van der Waals surface area contributed by atoms with Crippen LogP contribution >= 0.6 is 0 Å². The fourth-order valence-electron chi connectivity index (χ4n) is 2.39. The number of hydrogen-bond donors (Lipinski definition) is 0. The third kappa shape index (κ3) is 2.96. The third-order valence-electron chi connectivity index (χ3n) is 3.49. The van der Waals surface area contributed by atoms with E-state index in [-0.39, 0.29) is 12.0 Å². The Morgan fingerprint density at radius 2 is 1.95 bits per heavy atom. The number of halogens is 3. The Bertz CT molecular complexity index is 589. The average Bonchev–Trinajstić information content (AvgIpc) is 3.01. The summed E-state index contributed by atoms with van der Waals surface area (Å²) in [6.07, 6.45) is 1.36. The molecule has 0 radical (unpaired) electrons. The van der Waals surface area contributed by atoms with E-state index in [0.29, 0.717) is 13.1 Å². The van der Waals surface area contributed by atoms with E-state index in [1.165, 1.54) is 6.33 Å². The van der Waals surface area contributed by atoms with Gasteiger partial charge in [-0.3, -0.25) is 0 Å². The van der Waals surface area contributed by atoms with E-state index < -0.39 is 11.9 Å². The van der Waals surface area contributed by atoms with Crippen molar-refractivity contribution in [1.82, 2.24) is 24.7 Å². The van der Waals surface area contributed by atoms with Gasteiger partial charge in [0.15, 0.2) is 0 Å². The number of piperidine rings is 1. The van der Waals surface area contributed by atoms with Gasteiger partial charge in [0.05, 0.1) is 6.04 Å². The Morgan fingerprint density at radius 3 is 2.57 bits per heavy atom. The second-order valence-electron chi connectivity index (χ2n) is 4.83. The molecule has 0 aromatic carbocycles. The van der Waals surface area contributed by atoms with Crippen LogP contribution in [0.3, 0.4) is 0 Å². The molecule has 0 amide bonds. The first-order valence-electron chi connectivity index (χ1n) is 6.53. The van der Waals surface area contributed by atoms with Crippen molar-refractivity contribution >= 4 is 5.95 Å². The normalized spacial score (nSPS) is 17.2. The lowest BCUT2D eigenvalue weighted by atomic mass is 10.1. The predicted molar refractivity (Wildman–Crippen MR) is 67.5 cm³/mol. The first kappa shape index (κ1) is 13.8. The highest BCUT2D eigenvalue weighted by Crippen LogP contribution is 2.29. The minimum Gasteiger partial charge on any atom is -0.341 e. The Balaban J connectivity index is 1.70. The van der Waals surface area contributed by atoms with Crippen LogP contribution in [-0.4, -0.2) is 37.8 Å². The molecule has 1 fully saturated rings. The maximum absolute atomic E-state index is 12.7. The first-order valence-corrected chi connectivity index (χ1v) is 6.53. The van der Waals surface area contributed by atoms with Gasteiger partial charge in [-0.2, -0.15) is 18.3 Å². The molecule has 0 unspecified atom stereocenters. The average molecular weight is 298 g/mol. The fraction of sp³-hybridized carbons (Fsp3) is 0.500. The van der Waals surface area contributed by atoms with Crippen molar-refractivity contribution in [2.45, 2.75) is 25.1 Å². The van der Waals surface area contributed by atoms with Crippen molar-refractivity contribution in [2.24, 2.45) is 0 Å². The molecule has 21 heavy (non-hydrogen) atoms. The lowest BCUT2D eigenvalue weighted by Gasteiger charge is -2.31. The molecular weight excluding hydrogens is 285 g/mol. The smallest absolute Gasteiger partial charge is 0.341 e. The van der Waals surface area contributed by atoms with Crippen LogP contribution in [0.4, 0.5) is 19.1 Å². The number of rotatable bonds is 2. The molecular formula is C12H13F3N6. The monoisotopic (exact) mass is 298 g/mol.